The van der Waals surface area contributed by atoms with Gasteiger partial charge in [-0.25, -0.2) is 0 Å². The maximum atomic E-state index is 12.4. The highest BCUT2D eigenvalue weighted by molar-refractivity contribution is 9.10. The molecule has 108 valence electrons. The van der Waals surface area contributed by atoms with Gasteiger partial charge in [0.2, 0.25) is 11.8 Å². The minimum atomic E-state index is -0.124. The third kappa shape index (κ3) is 3.39. The van der Waals surface area contributed by atoms with E-state index in [-0.39, 0.29) is 24.3 Å². The number of carbonyl (C=O) groups excluding carboxylic acids is 2. The second-order valence-corrected chi connectivity index (χ2v) is 5.94. The van der Waals surface area contributed by atoms with Gasteiger partial charge in [-0.2, -0.15) is 0 Å². The van der Waals surface area contributed by atoms with Crippen LogP contribution in [0, 0.1) is 5.92 Å². The van der Waals surface area contributed by atoms with Gasteiger partial charge < -0.3 is 10.2 Å². The zero-order chi connectivity index (χ0) is 14.7. The molecule has 0 aliphatic heterocycles. The van der Waals surface area contributed by atoms with E-state index < -0.39 is 0 Å². The fourth-order valence-corrected chi connectivity index (χ4v) is 2.64. The summed E-state index contributed by atoms with van der Waals surface area (Å²) >= 11 is 3.41. The zero-order valence-corrected chi connectivity index (χ0v) is 13.3. The van der Waals surface area contributed by atoms with Gasteiger partial charge in [-0.05, 0) is 37.0 Å². The Morgan fingerprint density at radius 2 is 2.00 bits per heavy atom. The van der Waals surface area contributed by atoms with Crippen LogP contribution in [0.4, 0.5) is 0 Å². The Morgan fingerprint density at radius 1 is 1.35 bits per heavy atom. The molecule has 0 radical (unpaired) electrons. The van der Waals surface area contributed by atoms with Crippen LogP contribution in [0.5, 0.6) is 0 Å². The molecular formula is C15H19BrN2O2. The Morgan fingerprint density at radius 3 is 2.55 bits per heavy atom. The van der Waals surface area contributed by atoms with E-state index in [0.29, 0.717) is 12.5 Å². The first-order chi connectivity index (χ1) is 9.56. The average molecular weight is 339 g/mol. The lowest BCUT2D eigenvalue weighted by Crippen LogP contribution is -2.40. The van der Waals surface area contributed by atoms with Gasteiger partial charge in [0.15, 0.2) is 0 Å². The first kappa shape index (κ1) is 15.0. The molecule has 4 nitrogen and oxygen atoms in total. The van der Waals surface area contributed by atoms with Crippen molar-refractivity contribution in [1.29, 1.82) is 0 Å². The lowest BCUT2D eigenvalue weighted by Gasteiger charge is -2.20. The SMILES string of the molecule is CCN(CC(=O)NC)C(=O)C1CC1c1ccc(Br)cc1. The summed E-state index contributed by atoms with van der Waals surface area (Å²) in [6.45, 7) is 2.61. The fraction of sp³-hybridized carbons (Fsp3) is 0.467. The molecule has 0 heterocycles. The molecule has 0 saturated heterocycles. The van der Waals surface area contributed by atoms with Crippen molar-refractivity contribution >= 4 is 27.7 Å². The lowest BCUT2D eigenvalue weighted by atomic mass is 10.1. The van der Waals surface area contributed by atoms with E-state index in [0.717, 1.165) is 10.9 Å². The van der Waals surface area contributed by atoms with Crippen molar-refractivity contribution in [2.75, 3.05) is 20.1 Å². The van der Waals surface area contributed by atoms with Crippen molar-refractivity contribution in [3.63, 3.8) is 0 Å². The summed E-state index contributed by atoms with van der Waals surface area (Å²) in [4.78, 5) is 25.4. The average Bonchev–Trinajstić information content (AvgIpc) is 3.25. The molecule has 2 amide bonds. The van der Waals surface area contributed by atoms with Crippen LogP contribution in [0.25, 0.3) is 0 Å². The van der Waals surface area contributed by atoms with Crippen molar-refractivity contribution in [2.24, 2.45) is 5.92 Å². The zero-order valence-electron chi connectivity index (χ0n) is 11.7. The molecule has 1 fully saturated rings. The second kappa shape index (κ2) is 6.39. The standard InChI is InChI=1S/C15H19BrN2O2/c1-3-18(9-14(19)17-2)15(20)13-8-12(13)10-4-6-11(16)7-5-10/h4-7,12-13H,3,8-9H2,1-2H3,(H,17,19). The molecule has 1 aromatic carbocycles. The number of halogens is 1. The summed E-state index contributed by atoms with van der Waals surface area (Å²) in [6.07, 6.45) is 0.880. The summed E-state index contributed by atoms with van der Waals surface area (Å²) < 4.78 is 1.04. The number of rotatable bonds is 5. The Labute approximate surface area is 127 Å². The lowest BCUT2D eigenvalue weighted by molar-refractivity contribution is -0.136. The molecular weight excluding hydrogens is 320 g/mol. The molecule has 5 heteroatoms. The Kier molecular flexibility index (Phi) is 4.81. The summed E-state index contributed by atoms with van der Waals surface area (Å²) in [5, 5.41) is 2.56. The van der Waals surface area contributed by atoms with Gasteiger partial charge in [0, 0.05) is 24.0 Å². The van der Waals surface area contributed by atoms with Crippen LogP contribution in [-0.2, 0) is 9.59 Å². The molecule has 2 atom stereocenters. The van der Waals surface area contributed by atoms with Crippen LogP contribution in [0.1, 0.15) is 24.8 Å². The van der Waals surface area contributed by atoms with Crippen LogP contribution >= 0.6 is 15.9 Å². The summed E-state index contributed by atoms with van der Waals surface area (Å²) in [5.41, 5.74) is 1.20. The third-order valence-corrected chi connectivity index (χ3v) is 4.24. The predicted octanol–water partition coefficient (Wildman–Crippen LogP) is 2.15. The summed E-state index contributed by atoms with van der Waals surface area (Å²) in [7, 11) is 1.59. The number of benzene rings is 1. The van der Waals surface area contributed by atoms with Gasteiger partial charge in [-0.3, -0.25) is 9.59 Å². The molecule has 1 aliphatic rings. The Balaban J connectivity index is 1.97. The Hall–Kier alpha value is -1.36. The van der Waals surface area contributed by atoms with E-state index in [1.165, 1.54) is 5.56 Å². The van der Waals surface area contributed by atoms with Gasteiger partial charge in [0.25, 0.3) is 0 Å². The Bertz CT molecular complexity index is 501. The minimum absolute atomic E-state index is 0.0285. The van der Waals surface area contributed by atoms with Crippen molar-refractivity contribution in [2.45, 2.75) is 19.3 Å². The van der Waals surface area contributed by atoms with E-state index in [4.69, 9.17) is 0 Å². The maximum absolute atomic E-state index is 12.4. The molecule has 0 bridgehead atoms. The quantitative estimate of drug-likeness (QED) is 0.894. The molecule has 2 unspecified atom stereocenters. The number of hydrogen-bond donors (Lipinski definition) is 1. The topological polar surface area (TPSA) is 49.4 Å². The molecule has 2 rings (SSSR count). The van der Waals surface area contributed by atoms with Crippen LogP contribution in [-0.4, -0.2) is 36.9 Å². The largest absolute Gasteiger partial charge is 0.358 e. The van der Waals surface area contributed by atoms with E-state index in [2.05, 4.69) is 33.4 Å². The summed E-state index contributed by atoms with van der Waals surface area (Å²) in [5.74, 6) is 0.292. The van der Waals surface area contributed by atoms with Gasteiger partial charge in [0.1, 0.15) is 0 Å². The van der Waals surface area contributed by atoms with Crippen molar-refractivity contribution in [3.8, 4) is 0 Å². The van der Waals surface area contributed by atoms with Gasteiger partial charge in [-0.1, -0.05) is 28.1 Å². The number of likely N-dealkylation sites (N-methyl/N-ethyl adjacent to an activating group) is 2. The molecule has 1 aliphatic carbocycles. The maximum Gasteiger partial charge on any atom is 0.239 e. The summed E-state index contributed by atoms with van der Waals surface area (Å²) in [6, 6.07) is 8.10. The first-order valence-electron chi connectivity index (χ1n) is 6.81. The molecule has 1 saturated carbocycles. The number of nitrogens with zero attached hydrogens (tertiary/aromatic N) is 1. The van der Waals surface area contributed by atoms with E-state index in [9.17, 15) is 9.59 Å². The highest BCUT2D eigenvalue weighted by Crippen LogP contribution is 2.48. The van der Waals surface area contributed by atoms with Crippen molar-refractivity contribution in [1.82, 2.24) is 10.2 Å². The van der Waals surface area contributed by atoms with Crippen LogP contribution in [0.2, 0.25) is 0 Å². The number of carbonyl (C=O) groups is 2. The van der Waals surface area contributed by atoms with E-state index in [1.807, 2.05) is 19.1 Å². The number of amides is 2. The minimum Gasteiger partial charge on any atom is -0.358 e. The van der Waals surface area contributed by atoms with E-state index >= 15 is 0 Å². The predicted molar refractivity (Wildman–Crippen MR) is 81.3 cm³/mol. The monoisotopic (exact) mass is 338 g/mol. The highest BCUT2D eigenvalue weighted by atomic mass is 79.9. The van der Waals surface area contributed by atoms with Gasteiger partial charge in [-0.15, -0.1) is 0 Å². The van der Waals surface area contributed by atoms with Crippen LogP contribution < -0.4 is 5.32 Å². The van der Waals surface area contributed by atoms with Crippen LogP contribution in [0.15, 0.2) is 28.7 Å². The van der Waals surface area contributed by atoms with Crippen molar-refractivity contribution < 1.29 is 9.59 Å². The highest BCUT2D eigenvalue weighted by Gasteiger charge is 2.45. The van der Waals surface area contributed by atoms with E-state index in [1.54, 1.807) is 11.9 Å². The number of hydrogen-bond acceptors (Lipinski definition) is 2. The molecule has 0 spiro atoms. The molecule has 1 N–H and O–H groups in total. The normalized spacial score (nSPS) is 20.4. The van der Waals surface area contributed by atoms with Gasteiger partial charge in [0.05, 0.1) is 6.54 Å². The molecule has 1 aromatic rings. The van der Waals surface area contributed by atoms with Crippen LogP contribution in [0.3, 0.4) is 0 Å². The molecule has 0 aromatic heterocycles. The third-order valence-electron chi connectivity index (χ3n) is 3.71. The first-order valence-corrected chi connectivity index (χ1v) is 7.61. The van der Waals surface area contributed by atoms with Crippen molar-refractivity contribution in [3.05, 3.63) is 34.3 Å². The molecule has 20 heavy (non-hydrogen) atoms. The van der Waals surface area contributed by atoms with Gasteiger partial charge >= 0.3 is 0 Å². The number of nitrogens with one attached hydrogen (secondary N) is 1. The smallest absolute Gasteiger partial charge is 0.239 e. The second-order valence-electron chi connectivity index (χ2n) is 5.03. The fourth-order valence-electron chi connectivity index (χ4n) is 2.38.